The quantitative estimate of drug-likeness (QED) is 0.879. The Labute approximate surface area is 102 Å². The lowest BCUT2D eigenvalue weighted by Gasteiger charge is -2.12. The number of nitrogens with two attached hydrogens (primary N) is 1. The van der Waals surface area contributed by atoms with E-state index in [1.54, 1.807) is 0 Å². The first-order chi connectivity index (χ1) is 8.20. The fourth-order valence-corrected chi connectivity index (χ4v) is 2.39. The lowest BCUT2D eigenvalue weighted by Crippen LogP contribution is -2.14. The van der Waals surface area contributed by atoms with Crippen LogP contribution in [0.1, 0.15) is 43.1 Å². The maximum atomic E-state index is 5.79. The Bertz CT molecular complexity index is 552. The Balaban J connectivity index is 2.23. The maximum absolute atomic E-state index is 5.79. The molecule has 0 aliphatic heterocycles. The van der Waals surface area contributed by atoms with Gasteiger partial charge in [0.2, 0.25) is 0 Å². The highest BCUT2D eigenvalue weighted by Gasteiger charge is 2.29. The fourth-order valence-electron chi connectivity index (χ4n) is 2.39. The van der Waals surface area contributed by atoms with Gasteiger partial charge in [-0.2, -0.15) is 0 Å². The summed E-state index contributed by atoms with van der Waals surface area (Å²) in [5, 5.41) is 0. The number of nitrogens with zero attached hydrogens (tertiary/aromatic N) is 2. The normalized spacial score (nSPS) is 17.6. The minimum Gasteiger partial charge on any atom is -0.330 e. The summed E-state index contributed by atoms with van der Waals surface area (Å²) in [5.41, 5.74) is 9.48. The minimum absolute atomic E-state index is 0.336. The van der Waals surface area contributed by atoms with Gasteiger partial charge in [0.15, 0.2) is 0 Å². The summed E-state index contributed by atoms with van der Waals surface area (Å²) in [6.07, 6.45) is 2.56. The molecule has 17 heavy (non-hydrogen) atoms. The molecule has 1 unspecified atom stereocenters. The molecule has 1 atom stereocenters. The van der Waals surface area contributed by atoms with Crippen LogP contribution < -0.4 is 5.73 Å². The van der Waals surface area contributed by atoms with Gasteiger partial charge in [0.25, 0.3) is 0 Å². The number of aryl methyl sites for hydroxylation is 1. The molecule has 1 aromatic heterocycles. The highest BCUT2D eigenvalue weighted by molar-refractivity contribution is 5.77. The second-order valence-corrected chi connectivity index (χ2v) is 5.20. The first-order valence-corrected chi connectivity index (χ1v) is 6.39. The Hall–Kier alpha value is -1.35. The predicted molar refractivity (Wildman–Crippen MR) is 70.2 cm³/mol. The highest BCUT2D eigenvalue weighted by atomic mass is 15.1. The van der Waals surface area contributed by atoms with E-state index in [0.717, 1.165) is 11.3 Å². The molecule has 2 aromatic rings. The number of benzene rings is 1. The number of fused-ring (bicyclic) bond motifs is 1. The highest BCUT2D eigenvalue weighted by Crippen LogP contribution is 2.40. The van der Waals surface area contributed by atoms with Crippen LogP contribution in [-0.2, 0) is 0 Å². The molecule has 0 saturated heterocycles. The van der Waals surface area contributed by atoms with Gasteiger partial charge in [0.1, 0.15) is 5.82 Å². The van der Waals surface area contributed by atoms with E-state index < -0.39 is 0 Å². The van der Waals surface area contributed by atoms with E-state index in [2.05, 4.69) is 36.6 Å². The lowest BCUT2D eigenvalue weighted by atomic mass is 10.1. The number of hydrogen-bond acceptors (Lipinski definition) is 2. The van der Waals surface area contributed by atoms with Crippen LogP contribution >= 0.6 is 0 Å². The minimum atomic E-state index is 0.336. The molecule has 1 aromatic carbocycles. The van der Waals surface area contributed by atoms with Gasteiger partial charge in [-0.05, 0) is 37.5 Å². The average Bonchev–Trinajstić information content (AvgIpc) is 3.09. The second kappa shape index (κ2) is 3.84. The lowest BCUT2D eigenvalue weighted by molar-refractivity contribution is 0.628. The summed E-state index contributed by atoms with van der Waals surface area (Å²) in [6, 6.07) is 7.15. The van der Waals surface area contributed by atoms with E-state index in [1.165, 1.54) is 23.9 Å². The van der Waals surface area contributed by atoms with Crippen molar-refractivity contribution in [3.63, 3.8) is 0 Å². The molecule has 3 heteroatoms. The molecular formula is C14H19N3. The Kier molecular flexibility index (Phi) is 2.44. The van der Waals surface area contributed by atoms with Gasteiger partial charge in [-0.1, -0.05) is 13.0 Å². The van der Waals surface area contributed by atoms with Crippen LogP contribution in [0.15, 0.2) is 18.2 Å². The van der Waals surface area contributed by atoms with Crippen LogP contribution in [0.3, 0.4) is 0 Å². The van der Waals surface area contributed by atoms with Gasteiger partial charge >= 0.3 is 0 Å². The Morgan fingerprint density at radius 3 is 2.88 bits per heavy atom. The van der Waals surface area contributed by atoms with Crippen molar-refractivity contribution in [1.29, 1.82) is 0 Å². The van der Waals surface area contributed by atoms with Crippen LogP contribution in [-0.4, -0.2) is 16.1 Å². The van der Waals surface area contributed by atoms with Crippen LogP contribution in [0.4, 0.5) is 0 Å². The van der Waals surface area contributed by atoms with Crippen LogP contribution in [0.5, 0.6) is 0 Å². The molecule has 1 aliphatic rings. The first-order valence-electron chi connectivity index (χ1n) is 6.39. The van der Waals surface area contributed by atoms with E-state index in [9.17, 15) is 0 Å². The standard InChI is InChI=1S/C14H19N3/c1-9-3-6-12-13(7-9)17(11-4-5-11)14(16-12)10(2)8-15/h3,6-7,10-11H,4-5,8,15H2,1-2H3. The largest absolute Gasteiger partial charge is 0.330 e. The van der Waals surface area contributed by atoms with Gasteiger partial charge in [0, 0.05) is 18.5 Å². The monoisotopic (exact) mass is 229 g/mol. The van der Waals surface area contributed by atoms with Crippen molar-refractivity contribution >= 4 is 11.0 Å². The van der Waals surface area contributed by atoms with E-state index in [4.69, 9.17) is 10.7 Å². The molecule has 3 nitrogen and oxygen atoms in total. The van der Waals surface area contributed by atoms with Gasteiger partial charge in [-0.25, -0.2) is 4.98 Å². The maximum Gasteiger partial charge on any atom is 0.114 e. The van der Waals surface area contributed by atoms with Gasteiger partial charge in [0.05, 0.1) is 11.0 Å². The second-order valence-electron chi connectivity index (χ2n) is 5.20. The van der Waals surface area contributed by atoms with Crippen molar-refractivity contribution in [2.24, 2.45) is 5.73 Å². The smallest absolute Gasteiger partial charge is 0.114 e. The van der Waals surface area contributed by atoms with Gasteiger partial charge < -0.3 is 10.3 Å². The Morgan fingerprint density at radius 1 is 1.47 bits per heavy atom. The molecule has 1 fully saturated rings. The van der Waals surface area contributed by atoms with Crippen LogP contribution in [0, 0.1) is 6.92 Å². The van der Waals surface area contributed by atoms with Gasteiger partial charge in [-0.3, -0.25) is 0 Å². The molecule has 3 rings (SSSR count). The number of imidazole rings is 1. The SMILES string of the molecule is Cc1ccc2nc(C(C)CN)n(C3CC3)c2c1. The third kappa shape index (κ3) is 1.75. The van der Waals surface area contributed by atoms with Crippen LogP contribution in [0.2, 0.25) is 0 Å². The molecule has 1 heterocycles. The molecule has 90 valence electrons. The summed E-state index contributed by atoms with van der Waals surface area (Å²) < 4.78 is 2.42. The summed E-state index contributed by atoms with van der Waals surface area (Å²) in [5.74, 6) is 1.50. The van der Waals surface area contributed by atoms with Gasteiger partial charge in [-0.15, -0.1) is 0 Å². The van der Waals surface area contributed by atoms with Crippen molar-refractivity contribution in [2.45, 2.75) is 38.6 Å². The van der Waals surface area contributed by atoms with Crippen molar-refractivity contribution < 1.29 is 0 Å². The zero-order chi connectivity index (χ0) is 12.0. The molecule has 0 spiro atoms. The molecular weight excluding hydrogens is 210 g/mol. The molecule has 0 bridgehead atoms. The average molecular weight is 229 g/mol. The third-order valence-corrected chi connectivity index (χ3v) is 3.58. The molecule has 1 aliphatic carbocycles. The third-order valence-electron chi connectivity index (χ3n) is 3.58. The van der Waals surface area contributed by atoms with Crippen LogP contribution in [0.25, 0.3) is 11.0 Å². The fraction of sp³-hybridized carbons (Fsp3) is 0.500. The predicted octanol–water partition coefficient (Wildman–Crippen LogP) is 2.74. The van der Waals surface area contributed by atoms with Crippen molar-refractivity contribution in [3.8, 4) is 0 Å². The Morgan fingerprint density at radius 2 is 2.24 bits per heavy atom. The summed E-state index contributed by atoms with van der Waals surface area (Å²) in [4.78, 5) is 4.77. The van der Waals surface area contributed by atoms with E-state index in [0.29, 0.717) is 18.5 Å². The van der Waals surface area contributed by atoms with Crippen molar-refractivity contribution in [1.82, 2.24) is 9.55 Å². The summed E-state index contributed by atoms with van der Waals surface area (Å²) in [7, 11) is 0. The van der Waals surface area contributed by atoms with Crippen molar-refractivity contribution in [3.05, 3.63) is 29.6 Å². The molecule has 0 amide bonds. The number of aromatic nitrogens is 2. The zero-order valence-electron chi connectivity index (χ0n) is 10.5. The topological polar surface area (TPSA) is 43.8 Å². The van der Waals surface area contributed by atoms with Crippen molar-refractivity contribution in [2.75, 3.05) is 6.54 Å². The van der Waals surface area contributed by atoms with E-state index in [1.807, 2.05) is 0 Å². The molecule has 2 N–H and O–H groups in total. The summed E-state index contributed by atoms with van der Waals surface area (Å²) in [6.45, 7) is 4.96. The molecule has 1 saturated carbocycles. The number of rotatable bonds is 3. The number of hydrogen-bond donors (Lipinski definition) is 1. The van der Waals surface area contributed by atoms with E-state index >= 15 is 0 Å². The first kappa shape index (κ1) is 10.8. The summed E-state index contributed by atoms with van der Waals surface area (Å²) >= 11 is 0. The van der Waals surface area contributed by atoms with E-state index in [-0.39, 0.29) is 0 Å². The zero-order valence-corrected chi connectivity index (χ0v) is 10.5. The molecule has 0 radical (unpaired) electrons.